The highest BCUT2D eigenvalue weighted by Crippen LogP contribution is 2.31. The number of nitrogens with two attached hydrogens (primary N) is 1. The topological polar surface area (TPSA) is 46.2 Å². The third kappa shape index (κ3) is 4.14. The van der Waals surface area contributed by atoms with Crippen molar-refractivity contribution in [3.63, 3.8) is 0 Å². The Bertz CT molecular complexity index is 370. The van der Waals surface area contributed by atoms with Gasteiger partial charge in [0.15, 0.2) is 0 Å². The Hall–Kier alpha value is -0.850. The van der Waals surface area contributed by atoms with E-state index < -0.39 is 23.6 Å². The quantitative estimate of drug-likeness (QED) is 0.832. The second-order valence-electron chi connectivity index (χ2n) is 3.35. The van der Waals surface area contributed by atoms with Crippen LogP contribution >= 0.6 is 12.4 Å². The van der Waals surface area contributed by atoms with Gasteiger partial charge in [0.05, 0.1) is 5.56 Å². The summed E-state index contributed by atoms with van der Waals surface area (Å²) in [5, 5.41) is 8.59. The molecule has 3 N–H and O–H groups in total. The lowest BCUT2D eigenvalue weighted by molar-refractivity contribution is -0.137. The van der Waals surface area contributed by atoms with Gasteiger partial charge in [0, 0.05) is 18.2 Å². The number of alkyl halides is 3. The molecule has 98 valence electrons. The van der Waals surface area contributed by atoms with Crippen LogP contribution in [0.2, 0.25) is 0 Å². The molecular weight excluding hydrogens is 262 g/mol. The SMILES string of the molecule is Cl.N[C@H](CCO)c1cc(C(F)(F)F)ccc1F. The van der Waals surface area contributed by atoms with Gasteiger partial charge in [-0.1, -0.05) is 0 Å². The average molecular weight is 274 g/mol. The molecule has 0 aliphatic rings. The maximum absolute atomic E-state index is 13.2. The first-order chi connectivity index (χ1) is 7.36. The van der Waals surface area contributed by atoms with Crippen molar-refractivity contribution in [3.8, 4) is 0 Å². The Morgan fingerprint density at radius 1 is 1.29 bits per heavy atom. The van der Waals surface area contributed by atoms with Crippen molar-refractivity contribution < 1.29 is 22.7 Å². The molecule has 0 fully saturated rings. The van der Waals surface area contributed by atoms with Gasteiger partial charge < -0.3 is 10.8 Å². The summed E-state index contributed by atoms with van der Waals surface area (Å²) in [7, 11) is 0. The fourth-order valence-corrected chi connectivity index (χ4v) is 1.30. The lowest BCUT2D eigenvalue weighted by Gasteiger charge is -2.14. The Kier molecular flexibility index (Phi) is 5.87. The lowest BCUT2D eigenvalue weighted by Crippen LogP contribution is -2.15. The largest absolute Gasteiger partial charge is 0.416 e. The third-order valence-corrected chi connectivity index (χ3v) is 2.16. The molecule has 2 nitrogen and oxygen atoms in total. The van der Waals surface area contributed by atoms with E-state index in [-0.39, 0.29) is 31.0 Å². The van der Waals surface area contributed by atoms with Gasteiger partial charge in [-0.05, 0) is 24.6 Å². The van der Waals surface area contributed by atoms with Crippen molar-refractivity contribution in [1.29, 1.82) is 0 Å². The van der Waals surface area contributed by atoms with E-state index in [9.17, 15) is 17.6 Å². The van der Waals surface area contributed by atoms with Gasteiger partial charge >= 0.3 is 6.18 Å². The van der Waals surface area contributed by atoms with Crippen molar-refractivity contribution in [2.45, 2.75) is 18.6 Å². The standard InChI is InChI=1S/C10H11F4NO.ClH/c11-8-2-1-6(10(12,13)14)5-7(8)9(15)3-4-16;/h1-2,5,9,16H,3-4,15H2;1H/t9-;/m1./s1. The Balaban J connectivity index is 0.00000256. The van der Waals surface area contributed by atoms with Crippen molar-refractivity contribution >= 4 is 12.4 Å². The maximum atomic E-state index is 13.2. The van der Waals surface area contributed by atoms with Crippen molar-refractivity contribution in [1.82, 2.24) is 0 Å². The number of aliphatic hydroxyl groups excluding tert-OH is 1. The van der Waals surface area contributed by atoms with Gasteiger partial charge in [-0.2, -0.15) is 13.2 Å². The molecule has 1 rings (SSSR count). The molecule has 0 amide bonds. The summed E-state index contributed by atoms with van der Waals surface area (Å²) < 4.78 is 50.2. The van der Waals surface area contributed by atoms with Crippen LogP contribution in [0.15, 0.2) is 18.2 Å². The molecule has 0 spiro atoms. The van der Waals surface area contributed by atoms with Crippen LogP contribution in [-0.4, -0.2) is 11.7 Å². The molecule has 1 aromatic rings. The molecule has 0 aliphatic heterocycles. The number of hydrogen-bond acceptors (Lipinski definition) is 2. The van der Waals surface area contributed by atoms with Crippen LogP contribution in [0, 0.1) is 5.82 Å². The van der Waals surface area contributed by atoms with Gasteiger partial charge in [-0.15, -0.1) is 12.4 Å². The highest BCUT2D eigenvalue weighted by Gasteiger charge is 2.31. The summed E-state index contributed by atoms with van der Waals surface area (Å²) in [6.07, 6.45) is -4.51. The maximum Gasteiger partial charge on any atom is 0.416 e. The van der Waals surface area contributed by atoms with Gasteiger partial charge in [0.1, 0.15) is 5.82 Å². The second kappa shape index (κ2) is 6.18. The summed E-state index contributed by atoms with van der Waals surface area (Å²) in [6.45, 7) is -0.309. The molecule has 0 bridgehead atoms. The first-order valence-corrected chi connectivity index (χ1v) is 4.59. The number of aliphatic hydroxyl groups is 1. The van der Waals surface area contributed by atoms with Crippen molar-refractivity contribution in [2.75, 3.05) is 6.61 Å². The fraction of sp³-hybridized carbons (Fsp3) is 0.400. The van der Waals surface area contributed by atoms with E-state index in [1.807, 2.05) is 0 Å². The number of rotatable bonds is 3. The minimum Gasteiger partial charge on any atom is -0.396 e. The predicted octanol–water partition coefficient (Wildman–Crippen LogP) is 2.65. The van der Waals surface area contributed by atoms with Crippen LogP contribution in [0.5, 0.6) is 0 Å². The van der Waals surface area contributed by atoms with Crippen LogP contribution in [0.1, 0.15) is 23.6 Å². The molecule has 0 aromatic heterocycles. The first kappa shape index (κ1) is 16.1. The van der Waals surface area contributed by atoms with E-state index in [1.54, 1.807) is 0 Å². The molecular formula is C10H12ClF4NO. The van der Waals surface area contributed by atoms with E-state index in [2.05, 4.69) is 0 Å². The van der Waals surface area contributed by atoms with E-state index >= 15 is 0 Å². The third-order valence-electron chi connectivity index (χ3n) is 2.16. The summed E-state index contributed by atoms with van der Waals surface area (Å²) in [4.78, 5) is 0. The number of halogens is 5. The van der Waals surface area contributed by atoms with Gasteiger partial charge in [0.25, 0.3) is 0 Å². The Morgan fingerprint density at radius 2 is 1.88 bits per heavy atom. The normalized spacial score (nSPS) is 13.1. The zero-order valence-electron chi connectivity index (χ0n) is 8.67. The van der Waals surface area contributed by atoms with Crippen LogP contribution < -0.4 is 5.73 Å². The van der Waals surface area contributed by atoms with Gasteiger partial charge in [-0.25, -0.2) is 4.39 Å². The van der Waals surface area contributed by atoms with Crippen LogP contribution in [0.4, 0.5) is 17.6 Å². The van der Waals surface area contributed by atoms with Crippen molar-refractivity contribution in [3.05, 3.63) is 35.1 Å². The average Bonchev–Trinajstić information content (AvgIpc) is 2.16. The highest BCUT2D eigenvalue weighted by molar-refractivity contribution is 5.85. The van der Waals surface area contributed by atoms with E-state index in [1.165, 1.54) is 0 Å². The minimum atomic E-state index is -4.53. The minimum absolute atomic E-state index is 0. The number of hydrogen-bond donors (Lipinski definition) is 2. The molecule has 1 atom stereocenters. The zero-order chi connectivity index (χ0) is 12.3. The number of benzene rings is 1. The Morgan fingerprint density at radius 3 is 2.35 bits per heavy atom. The fourth-order valence-electron chi connectivity index (χ4n) is 1.30. The predicted molar refractivity (Wildman–Crippen MR) is 57.3 cm³/mol. The monoisotopic (exact) mass is 273 g/mol. The van der Waals surface area contributed by atoms with Gasteiger partial charge in [0.2, 0.25) is 0 Å². The molecule has 17 heavy (non-hydrogen) atoms. The molecule has 7 heteroatoms. The van der Waals surface area contributed by atoms with Crippen LogP contribution in [0.3, 0.4) is 0 Å². The molecule has 0 heterocycles. The molecule has 0 saturated heterocycles. The van der Waals surface area contributed by atoms with Crippen LogP contribution in [0.25, 0.3) is 0 Å². The smallest absolute Gasteiger partial charge is 0.396 e. The summed E-state index contributed by atoms with van der Waals surface area (Å²) >= 11 is 0. The molecule has 0 aliphatic carbocycles. The lowest BCUT2D eigenvalue weighted by atomic mass is 10.0. The molecule has 0 unspecified atom stereocenters. The van der Waals surface area contributed by atoms with E-state index in [4.69, 9.17) is 10.8 Å². The van der Waals surface area contributed by atoms with Crippen molar-refractivity contribution in [2.24, 2.45) is 5.73 Å². The zero-order valence-corrected chi connectivity index (χ0v) is 9.48. The second-order valence-corrected chi connectivity index (χ2v) is 3.35. The van der Waals surface area contributed by atoms with E-state index in [0.717, 1.165) is 6.07 Å². The van der Waals surface area contributed by atoms with Crippen LogP contribution in [-0.2, 0) is 6.18 Å². The summed E-state index contributed by atoms with van der Waals surface area (Å²) in [5.41, 5.74) is 4.27. The Labute approximate surface area is 102 Å². The molecule has 0 radical (unpaired) electrons. The molecule has 1 aromatic carbocycles. The molecule has 0 saturated carbocycles. The first-order valence-electron chi connectivity index (χ1n) is 4.59. The van der Waals surface area contributed by atoms with Gasteiger partial charge in [-0.3, -0.25) is 0 Å². The highest BCUT2D eigenvalue weighted by atomic mass is 35.5. The summed E-state index contributed by atoms with van der Waals surface area (Å²) in [5.74, 6) is -0.797. The summed E-state index contributed by atoms with van der Waals surface area (Å²) in [6, 6.07) is 1.13. The van der Waals surface area contributed by atoms with E-state index in [0.29, 0.717) is 12.1 Å².